The molecule has 0 saturated heterocycles. The highest BCUT2D eigenvalue weighted by Gasteiger charge is 2.08. The van der Waals surface area contributed by atoms with Crippen LogP contribution in [0.15, 0.2) is 18.3 Å². The molecule has 0 fully saturated rings. The van der Waals surface area contributed by atoms with Crippen LogP contribution in [-0.4, -0.2) is 24.4 Å². The molecule has 0 aliphatic rings. The van der Waals surface area contributed by atoms with Crippen molar-refractivity contribution < 1.29 is 0 Å². The largest absolute Gasteiger partial charge is 0.384 e. The molecule has 0 saturated carbocycles. The van der Waals surface area contributed by atoms with E-state index in [0.29, 0.717) is 5.56 Å². The summed E-state index contributed by atoms with van der Waals surface area (Å²) in [5.74, 6) is 0.820. The Hall–Kier alpha value is -1.58. The van der Waals surface area contributed by atoms with E-state index in [1.165, 1.54) is 0 Å². The SMILES string of the molecule is CCN(C)c1ncccc1C(=N)N. The van der Waals surface area contributed by atoms with Crippen LogP contribution in [0.25, 0.3) is 0 Å². The van der Waals surface area contributed by atoms with Crippen molar-refractivity contribution >= 4 is 11.7 Å². The van der Waals surface area contributed by atoms with Crippen molar-refractivity contribution in [2.75, 3.05) is 18.5 Å². The third-order valence-corrected chi connectivity index (χ3v) is 1.91. The fraction of sp³-hybridized carbons (Fsp3) is 0.333. The Balaban J connectivity index is 3.11. The summed E-state index contributed by atoms with van der Waals surface area (Å²) in [5, 5.41) is 7.36. The average molecular weight is 178 g/mol. The van der Waals surface area contributed by atoms with Crippen LogP contribution in [0, 0.1) is 5.41 Å². The predicted octanol–water partition coefficient (Wildman–Crippen LogP) is 0.822. The Labute approximate surface area is 77.9 Å². The van der Waals surface area contributed by atoms with Gasteiger partial charge in [0.15, 0.2) is 0 Å². The molecule has 0 atom stereocenters. The maximum atomic E-state index is 7.36. The predicted molar refractivity (Wildman–Crippen MR) is 54.2 cm³/mol. The molecule has 4 heteroatoms. The molecule has 0 aromatic carbocycles. The molecule has 13 heavy (non-hydrogen) atoms. The van der Waals surface area contributed by atoms with Crippen LogP contribution >= 0.6 is 0 Å². The maximum absolute atomic E-state index is 7.36. The molecule has 1 aromatic rings. The summed E-state index contributed by atoms with van der Waals surface area (Å²) in [5.41, 5.74) is 6.11. The van der Waals surface area contributed by atoms with Gasteiger partial charge in [0.2, 0.25) is 0 Å². The summed E-state index contributed by atoms with van der Waals surface area (Å²) in [7, 11) is 1.93. The third kappa shape index (κ3) is 1.96. The van der Waals surface area contributed by atoms with Crippen molar-refractivity contribution in [1.29, 1.82) is 5.41 Å². The molecule has 1 aromatic heterocycles. The molecule has 4 nitrogen and oxygen atoms in total. The summed E-state index contributed by atoms with van der Waals surface area (Å²) in [6.45, 7) is 2.87. The van der Waals surface area contributed by atoms with Crippen LogP contribution in [0.1, 0.15) is 12.5 Å². The van der Waals surface area contributed by atoms with Crippen LogP contribution in [0.4, 0.5) is 5.82 Å². The van der Waals surface area contributed by atoms with Crippen LogP contribution in [0.2, 0.25) is 0 Å². The summed E-state index contributed by atoms with van der Waals surface area (Å²) in [4.78, 5) is 6.13. The van der Waals surface area contributed by atoms with Crippen LogP contribution in [-0.2, 0) is 0 Å². The van der Waals surface area contributed by atoms with Gasteiger partial charge in [-0.1, -0.05) is 0 Å². The third-order valence-electron chi connectivity index (χ3n) is 1.91. The molecule has 70 valence electrons. The smallest absolute Gasteiger partial charge is 0.139 e. The first kappa shape index (κ1) is 9.51. The van der Waals surface area contributed by atoms with Crippen molar-refractivity contribution in [2.45, 2.75) is 6.92 Å². The minimum atomic E-state index is 0.0587. The van der Waals surface area contributed by atoms with Gasteiger partial charge in [0.1, 0.15) is 11.7 Å². The lowest BCUT2D eigenvalue weighted by molar-refractivity contribution is 0.935. The minimum Gasteiger partial charge on any atom is -0.384 e. The van der Waals surface area contributed by atoms with E-state index in [9.17, 15) is 0 Å². The monoisotopic (exact) mass is 178 g/mol. The fourth-order valence-electron chi connectivity index (χ4n) is 1.06. The Morgan fingerprint density at radius 2 is 2.38 bits per heavy atom. The number of nitrogens with zero attached hydrogens (tertiary/aromatic N) is 2. The Bertz CT molecular complexity index is 308. The first-order chi connectivity index (χ1) is 6.16. The molecule has 1 heterocycles. The van der Waals surface area contributed by atoms with Crippen LogP contribution in [0.3, 0.4) is 0 Å². The Morgan fingerprint density at radius 3 is 2.92 bits per heavy atom. The van der Waals surface area contributed by atoms with Crippen molar-refractivity contribution in [3.8, 4) is 0 Å². The van der Waals surface area contributed by atoms with E-state index < -0.39 is 0 Å². The van der Waals surface area contributed by atoms with E-state index in [0.717, 1.165) is 12.4 Å². The number of hydrogen-bond donors (Lipinski definition) is 2. The normalized spacial score (nSPS) is 9.69. The second-order valence-electron chi connectivity index (χ2n) is 2.80. The van der Waals surface area contributed by atoms with Gasteiger partial charge in [-0.3, -0.25) is 5.41 Å². The highest BCUT2D eigenvalue weighted by molar-refractivity contribution is 5.99. The lowest BCUT2D eigenvalue weighted by Crippen LogP contribution is -2.23. The summed E-state index contributed by atoms with van der Waals surface area (Å²) in [6, 6.07) is 3.58. The highest BCUT2D eigenvalue weighted by Crippen LogP contribution is 2.14. The second-order valence-corrected chi connectivity index (χ2v) is 2.80. The molecule has 0 spiro atoms. The van der Waals surface area contributed by atoms with E-state index in [4.69, 9.17) is 11.1 Å². The summed E-state index contributed by atoms with van der Waals surface area (Å²) >= 11 is 0. The van der Waals surface area contributed by atoms with E-state index in [2.05, 4.69) is 4.98 Å². The number of anilines is 1. The quantitative estimate of drug-likeness (QED) is 0.532. The minimum absolute atomic E-state index is 0.0587. The number of hydrogen-bond acceptors (Lipinski definition) is 3. The first-order valence-electron chi connectivity index (χ1n) is 4.17. The molecular formula is C9H14N4. The Kier molecular flexibility index (Phi) is 2.84. The first-order valence-corrected chi connectivity index (χ1v) is 4.17. The highest BCUT2D eigenvalue weighted by atomic mass is 15.2. The number of nitrogens with two attached hydrogens (primary N) is 1. The van der Waals surface area contributed by atoms with Gasteiger partial charge in [0.25, 0.3) is 0 Å². The average Bonchev–Trinajstić information content (AvgIpc) is 2.16. The number of aromatic nitrogens is 1. The van der Waals surface area contributed by atoms with Gasteiger partial charge < -0.3 is 10.6 Å². The zero-order valence-electron chi connectivity index (χ0n) is 7.91. The Morgan fingerprint density at radius 1 is 1.69 bits per heavy atom. The van der Waals surface area contributed by atoms with Gasteiger partial charge in [-0.25, -0.2) is 4.98 Å². The van der Waals surface area contributed by atoms with Crippen molar-refractivity contribution in [2.24, 2.45) is 5.73 Å². The molecule has 1 rings (SSSR count). The molecule has 0 radical (unpaired) electrons. The zero-order valence-corrected chi connectivity index (χ0v) is 7.91. The lowest BCUT2D eigenvalue weighted by atomic mass is 10.2. The molecule has 0 aliphatic carbocycles. The van der Waals surface area contributed by atoms with Gasteiger partial charge in [0.05, 0.1) is 5.56 Å². The molecular weight excluding hydrogens is 164 g/mol. The fourth-order valence-corrected chi connectivity index (χ4v) is 1.06. The standard InChI is InChI=1S/C9H14N4/c1-3-13(2)9-7(8(10)11)5-4-6-12-9/h4-6H,3H2,1-2H3,(H3,10,11). The van der Waals surface area contributed by atoms with Crippen molar-refractivity contribution in [3.05, 3.63) is 23.9 Å². The number of pyridine rings is 1. The molecule has 0 bridgehead atoms. The molecule has 0 aliphatic heterocycles. The van der Waals surface area contributed by atoms with E-state index >= 15 is 0 Å². The van der Waals surface area contributed by atoms with Gasteiger partial charge >= 0.3 is 0 Å². The van der Waals surface area contributed by atoms with Gasteiger partial charge in [0, 0.05) is 19.8 Å². The zero-order chi connectivity index (χ0) is 9.84. The van der Waals surface area contributed by atoms with Crippen LogP contribution in [0.5, 0.6) is 0 Å². The van der Waals surface area contributed by atoms with E-state index in [-0.39, 0.29) is 5.84 Å². The van der Waals surface area contributed by atoms with Crippen molar-refractivity contribution in [3.63, 3.8) is 0 Å². The maximum Gasteiger partial charge on any atom is 0.139 e. The topological polar surface area (TPSA) is 66.0 Å². The van der Waals surface area contributed by atoms with Gasteiger partial charge in [-0.05, 0) is 19.1 Å². The molecule has 0 amide bonds. The second kappa shape index (κ2) is 3.89. The number of nitrogen functional groups attached to an aromatic ring is 1. The number of amidine groups is 1. The molecule has 0 unspecified atom stereocenters. The van der Waals surface area contributed by atoms with Gasteiger partial charge in [-0.2, -0.15) is 0 Å². The van der Waals surface area contributed by atoms with Gasteiger partial charge in [-0.15, -0.1) is 0 Å². The summed E-state index contributed by atoms with van der Waals surface area (Å²) < 4.78 is 0. The number of nitrogens with one attached hydrogen (secondary N) is 1. The summed E-state index contributed by atoms with van der Waals surface area (Å²) in [6.07, 6.45) is 1.70. The van der Waals surface area contributed by atoms with Crippen LogP contribution < -0.4 is 10.6 Å². The lowest BCUT2D eigenvalue weighted by Gasteiger charge is -2.18. The molecule has 3 N–H and O–H groups in total. The van der Waals surface area contributed by atoms with E-state index in [1.807, 2.05) is 18.9 Å². The van der Waals surface area contributed by atoms with Crippen molar-refractivity contribution in [1.82, 2.24) is 4.98 Å². The number of rotatable bonds is 3. The van der Waals surface area contributed by atoms with E-state index in [1.54, 1.807) is 18.3 Å².